The topological polar surface area (TPSA) is 105 Å². The van der Waals surface area contributed by atoms with Crippen LogP contribution >= 0.6 is 12.4 Å². The predicted molar refractivity (Wildman–Crippen MR) is 92.7 cm³/mol. The zero-order valence-electron chi connectivity index (χ0n) is 13.6. The molecule has 1 fully saturated rings. The van der Waals surface area contributed by atoms with E-state index in [4.69, 9.17) is 5.73 Å². The van der Waals surface area contributed by atoms with Crippen molar-refractivity contribution in [1.82, 2.24) is 15.5 Å². The number of hydrogen-bond acceptors (Lipinski definition) is 4. The molecule has 0 saturated carbocycles. The Labute approximate surface area is 147 Å². The van der Waals surface area contributed by atoms with Crippen LogP contribution < -0.4 is 16.4 Å². The molecule has 8 heteroatoms. The second-order valence-electron chi connectivity index (χ2n) is 5.63. The van der Waals surface area contributed by atoms with E-state index >= 15 is 0 Å². The second kappa shape index (κ2) is 9.24. The summed E-state index contributed by atoms with van der Waals surface area (Å²) in [6.45, 7) is 3.55. The molecular formula is C16H23ClN4O3. The maximum absolute atomic E-state index is 12.3. The average molecular weight is 355 g/mol. The quantitative estimate of drug-likeness (QED) is 0.686. The SMILES string of the molecule is CC(CN)C(=O)NCc1ccc(C(=O)N2CCNC(=O)C2)cc1.Cl. The van der Waals surface area contributed by atoms with Crippen molar-refractivity contribution < 1.29 is 14.4 Å². The van der Waals surface area contributed by atoms with Crippen molar-refractivity contribution in [2.45, 2.75) is 13.5 Å². The number of piperazine rings is 1. The van der Waals surface area contributed by atoms with Gasteiger partial charge in [0.2, 0.25) is 11.8 Å². The van der Waals surface area contributed by atoms with Gasteiger partial charge in [-0.3, -0.25) is 14.4 Å². The highest BCUT2D eigenvalue weighted by Crippen LogP contribution is 2.09. The molecule has 0 radical (unpaired) electrons. The maximum Gasteiger partial charge on any atom is 0.254 e. The van der Waals surface area contributed by atoms with Gasteiger partial charge in [-0.15, -0.1) is 12.4 Å². The van der Waals surface area contributed by atoms with Crippen LogP contribution in [-0.2, 0) is 16.1 Å². The number of carbonyl (C=O) groups is 3. The lowest BCUT2D eigenvalue weighted by molar-refractivity contribution is -0.124. The molecule has 1 aromatic carbocycles. The molecular weight excluding hydrogens is 332 g/mol. The van der Waals surface area contributed by atoms with Gasteiger partial charge >= 0.3 is 0 Å². The first kappa shape index (κ1) is 19.9. The zero-order valence-corrected chi connectivity index (χ0v) is 14.4. The Hall–Kier alpha value is -2.12. The molecule has 0 aliphatic carbocycles. The van der Waals surface area contributed by atoms with E-state index in [0.29, 0.717) is 31.7 Å². The van der Waals surface area contributed by atoms with E-state index in [1.807, 2.05) is 0 Å². The molecule has 1 atom stereocenters. The van der Waals surface area contributed by atoms with Gasteiger partial charge in [-0.25, -0.2) is 0 Å². The molecule has 1 aliphatic rings. The first-order chi connectivity index (χ1) is 11.0. The van der Waals surface area contributed by atoms with Gasteiger partial charge in [0.1, 0.15) is 0 Å². The van der Waals surface area contributed by atoms with Crippen LogP contribution in [0.25, 0.3) is 0 Å². The van der Waals surface area contributed by atoms with Gasteiger partial charge in [-0.2, -0.15) is 0 Å². The van der Waals surface area contributed by atoms with Crippen molar-refractivity contribution in [2.24, 2.45) is 11.7 Å². The number of amides is 3. The van der Waals surface area contributed by atoms with E-state index in [1.165, 1.54) is 4.90 Å². The van der Waals surface area contributed by atoms with E-state index in [1.54, 1.807) is 31.2 Å². The monoisotopic (exact) mass is 354 g/mol. The summed E-state index contributed by atoms with van der Waals surface area (Å²) in [6.07, 6.45) is 0. The molecule has 132 valence electrons. The van der Waals surface area contributed by atoms with Crippen LogP contribution in [0.2, 0.25) is 0 Å². The minimum Gasteiger partial charge on any atom is -0.353 e. The number of nitrogens with two attached hydrogens (primary N) is 1. The van der Waals surface area contributed by atoms with Crippen molar-refractivity contribution >= 4 is 30.1 Å². The Morgan fingerprint density at radius 1 is 1.33 bits per heavy atom. The first-order valence-electron chi connectivity index (χ1n) is 7.64. The van der Waals surface area contributed by atoms with Gasteiger partial charge in [0.25, 0.3) is 5.91 Å². The Balaban J connectivity index is 0.00000288. The molecule has 1 unspecified atom stereocenters. The molecule has 3 amide bonds. The number of benzene rings is 1. The highest BCUT2D eigenvalue weighted by Gasteiger charge is 2.22. The molecule has 1 aromatic rings. The number of halogens is 1. The fourth-order valence-corrected chi connectivity index (χ4v) is 2.23. The Kier molecular flexibility index (Phi) is 7.67. The van der Waals surface area contributed by atoms with Gasteiger partial charge in [0.05, 0.1) is 6.54 Å². The number of nitrogens with one attached hydrogen (secondary N) is 2. The van der Waals surface area contributed by atoms with Crippen LogP contribution in [0.1, 0.15) is 22.8 Å². The van der Waals surface area contributed by atoms with Crippen molar-refractivity contribution in [3.8, 4) is 0 Å². The fraction of sp³-hybridized carbons (Fsp3) is 0.438. The number of rotatable bonds is 5. The van der Waals surface area contributed by atoms with E-state index in [0.717, 1.165) is 5.56 Å². The third-order valence-corrected chi connectivity index (χ3v) is 3.79. The lowest BCUT2D eigenvalue weighted by Crippen LogP contribution is -2.49. The first-order valence-corrected chi connectivity index (χ1v) is 7.64. The lowest BCUT2D eigenvalue weighted by atomic mass is 10.1. The molecule has 7 nitrogen and oxygen atoms in total. The standard InChI is InChI=1S/C16H22N4O3.ClH/c1-11(8-17)15(22)19-9-12-2-4-13(5-3-12)16(23)20-7-6-18-14(21)10-20;/h2-5,11H,6-10,17H2,1H3,(H,18,21)(H,19,22);1H. The zero-order chi connectivity index (χ0) is 16.8. The van der Waals surface area contributed by atoms with Crippen LogP contribution in [0.4, 0.5) is 0 Å². The normalized spacial score (nSPS) is 15.1. The third kappa shape index (κ3) is 5.21. The molecule has 1 aliphatic heterocycles. The summed E-state index contributed by atoms with van der Waals surface area (Å²) >= 11 is 0. The van der Waals surface area contributed by atoms with Crippen LogP contribution in [0.15, 0.2) is 24.3 Å². The average Bonchev–Trinajstić information content (AvgIpc) is 2.58. The van der Waals surface area contributed by atoms with E-state index in [2.05, 4.69) is 10.6 Å². The molecule has 0 spiro atoms. The summed E-state index contributed by atoms with van der Waals surface area (Å²) in [5, 5.41) is 5.49. The van der Waals surface area contributed by atoms with Crippen molar-refractivity contribution in [2.75, 3.05) is 26.2 Å². The van der Waals surface area contributed by atoms with Crippen LogP contribution in [0, 0.1) is 5.92 Å². The Morgan fingerprint density at radius 3 is 2.58 bits per heavy atom. The highest BCUT2D eigenvalue weighted by molar-refractivity contribution is 5.97. The van der Waals surface area contributed by atoms with Gasteiger partial charge in [-0.1, -0.05) is 19.1 Å². The van der Waals surface area contributed by atoms with Gasteiger partial charge in [0, 0.05) is 37.7 Å². The predicted octanol–water partition coefficient (Wildman–Crippen LogP) is -0.109. The molecule has 4 N–H and O–H groups in total. The number of nitrogens with zero attached hydrogens (tertiary/aromatic N) is 1. The lowest BCUT2D eigenvalue weighted by Gasteiger charge is -2.26. The highest BCUT2D eigenvalue weighted by atomic mass is 35.5. The van der Waals surface area contributed by atoms with Crippen molar-refractivity contribution in [1.29, 1.82) is 0 Å². The van der Waals surface area contributed by atoms with Crippen molar-refractivity contribution in [3.05, 3.63) is 35.4 Å². The Morgan fingerprint density at radius 2 is 2.00 bits per heavy atom. The van der Waals surface area contributed by atoms with Crippen LogP contribution in [0.5, 0.6) is 0 Å². The molecule has 2 rings (SSSR count). The maximum atomic E-state index is 12.3. The summed E-state index contributed by atoms with van der Waals surface area (Å²) in [6, 6.07) is 7.01. The van der Waals surface area contributed by atoms with Crippen LogP contribution in [0.3, 0.4) is 0 Å². The third-order valence-electron chi connectivity index (χ3n) is 3.79. The molecule has 0 aromatic heterocycles. The van der Waals surface area contributed by atoms with Gasteiger partial charge < -0.3 is 21.3 Å². The molecule has 1 heterocycles. The molecule has 24 heavy (non-hydrogen) atoms. The summed E-state index contributed by atoms with van der Waals surface area (Å²) < 4.78 is 0. The Bertz CT molecular complexity index is 591. The van der Waals surface area contributed by atoms with E-state index in [9.17, 15) is 14.4 Å². The fourth-order valence-electron chi connectivity index (χ4n) is 2.23. The van der Waals surface area contributed by atoms with E-state index < -0.39 is 0 Å². The van der Waals surface area contributed by atoms with E-state index in [-0.39, 0.29) is 42.6 Å². The van der Waals surface area contributed by atoms with Gasteiger partial charge in [-0.05, 0) is 17.7 Å². The number of carbonyl (C=O) groups excluding carboxylic acids is 3. The minimum absolute atomic E-state index is 0. The minimum atomic E-state index is -0.221. The summed E-state index contributed by atoms with van der Waals surface area (Å²) in [7, 11) is 0. The summed E-state index contributed by atoms with van der Waals surface area (Å²) in [5.41, 5.74) is 6.88. The molecule has 0 bridgehead atoms. The summed E-state index contributed by atoms with van der Waals surface area (Å²) in [4.78, 5) is 36.8. The number of hydrogen-bond donors (Lipinski definition) is 3. The summed E-state index contributed by atoms with van der Waals surface area (Å²) in [5.74, 6) is -0.613. The smallest absolute Gasteiger partial charge is 0.254 e. The molecule has 1 saturated heterocycles. The van der Waals surface area contributed by atoms with Gasteiger partial charge in [0.15, 0.2) is 0 Å². The second-order valence-corrected chi connectivity index (χ2v) is 5.63. The largest absolute Gasteiger partial charge is 0.353 e. The van der Waals surface area contributed by atoms with Crippen LogP contribution in [-0.4, -0.2) is 48.8 Å². The van der Waals surface area contributed by atoms with Crippen molar-refractivity contribution in [3.63, 3.8) is 0 Å².